The van der Waals surface area contributed by atoms with Crippen molar-refractivity contribution in [2.24, 2.45) is 0 Å². The molecule has 1 aromatic rings. The number of piperidine rings is 1. The molecular formula is C14H18ClF2N2O2+. The van der Waals surface area contributed by atoms with Crippen molar-refractivity contribution < 1.29 is 23.2 Å². The first-order chi connectivity index (χ1) is 9.92. The Bertz CT molecular complexity index is 471. The van der Waals surface area contributed by atoms with Gasteiger partial charge in [0.1, 0.15) is 5.75 Å². The zero-order valence-corrected chi connectivity index (χ0v) is 12.3. The van der Waals surface area contributed by atoms with E-state index in [9.17, 15) is 13.6 Å². The van der Waals surface area contributed by atoms with Gasteiger partial charge in [0.25, 0.3) is 5.91 Å². The molecule has 0 radical (unpaired) electrons. The molecule has 1 fully saturated rings. The van der Waals surface area contributed by atoms with Crippen molar-refractivity contribution in [1.29, 1.82) is 0 Å². The fourth-order valence-electron chi connectivity index (χ4n) is 2.40. The molecule has 1 aliphatic heterocycles. The number of benzene rings is 1. The minimum atomic E-state index is -3.73. The van der Waals surface area contributed by atoms with E-state index in [1.54, 1.807) is 0 Å². The van der Waals surface area contributed by atoms with Gasteiger partial charge in [0.15, 0.2) is 6.54 Å². The molecule has 0 aromatic heterocycles. The van der Waals surface area contributed by atoms with Gasteiger partial charge < -0.3 is 15.0 Å². The van der Waals surface area contributed by atoms with Crippen molar-refractivity contribution in [2.45, 2.75) is 24.8 Å². The first-order valence-corrected chi connectivity index (χ1v) is 7.29. The molecule has 116 valence electrons. The highest BCUT2D eigenvalue weighted by atomic mass is 35.5. The molecule has 0 spiro atoms. The van der Waals surface area contributed by atoms with Gasteiger partial charge in [-0.2, -0.15) is 0 Å². The Morgan fingerprint density at radius 1 is 1.24 bits per heavy atom. The third-order valence-corrected chi connectivity index (χ3v) is 3.42. The molecule has 7 heteroatoms. The molecule has 1 aromatic carbocycles. The van der Waals surface area contributed by atoms with Crippen molar-refractivity contribution in [2.75, 3.05) is 25.0 Å². The first-order valence-electron chi connectivity index (χ1n) is 6.91. The number of halogens is 3. The summed E-state index contributed by atoms with van der Waals surface area (Å²) >= 11 is 4.67. The Hall–Kier alpha value is -1.40. The molecular weight excluding hydrogens is 302 g/mol. The third-order valence-electron chi connectivity index (χ3n) is 3.34. The van der Waals surface area contributed by atoms with E-state index in [2.05, 4.69) is 21.7 Å². The molecule has 1 aliphatic rings. The Kier molecular flexibility index (Phi) is 5.36. The Morgan fingerprint density at radius 2 is 1.86 bits per heavy atom. The average molecular weight is 320 g/mol. The average Bonchev–Trinajstić information content (AvgIpc) is 2.40. The maximum atomic E-state index is 12.4. The van der Waals surface area contributed by atoms with Crippen molar-refractivity contribution in [3.05, 3.63) is 24.3 Å². The molecule has 2 N–H and O–H groups in total. The minimum Gasteiger partial charge on any atom is -0.420 e. The molecule has 2 rings (SSSR count). The van der Waals surface area contributed by atoms with E-state index in [-0.39, 0.29) is 11.7 Å². The summed E-state index contributed by atoms with van der Waals surface area (Å²) < 4.78 is 29.1. The van der Waals surface area contributed by atoms with E-state index in [0.717, 1.165) is 25.9 Å². The predicted octanol–water partition coefficient (Wildman–Crippen LogP) is 1.86. The summed E-state index contributed by atoms with van der Waals surface area (Å²) in [5.41, 5.74) is -3.19. The highest BCUT2D eigenvalue weighted by molar-refractivity contribution is 6.20. The summed E-state index contributed by atoms with van der Waals surface area (Å²) in [5, 5.41) is 2.74. The van der Waals surface area contributed by atoms with Crippen molar-refractivity contribution in [3.63, 3.8) is 0 Å². The molecule has 1 heterocycles. The maximum Gasteiger partial charge on any atom is 0.487 e. The zero-order valence-electron chi connectivity index (χ0n) is 11.5. The molecule has 0 atom stereocenters. The summed E-state index contributed by atoms with van der Waals surface area (Å²) in [4.78, 5) is 13.2. The number of anilines is 1. The van der Waals surface area contributed by atoms with E-state index in [1.807, 2.05) is 0 Å². The molecule has 0 unspecified atom stereocenters. The number of alkyl halides is 3. The third kappa shape index (κ3) is 5.85. The van der Waals surface area contributed by atoms with Crippen LogP contribution in [0.5, 0.6) is 5.75 Å². The Labute approximate surface area is 127 Å². The fraction of sp³-hybridized carbons (Fsp3) is 0.500. The highest BCUT2D eigenvalue weighted by Crippen LogP contribution is 2.25. The van der Waals surface area contributed by atoms with Crippen LogP contribution in [-0.2, 0) is 4.79 Å². The minimum absolute atomic E-state index is 0.0605. The number of likely N-dealkylation sites (tertiary alicyclic amines) is 1. The molecule has 1 amide bonds. The van der Waals surface area contributed by atoms with Crippen LogP contribution >= 0.6 is 11.6 Å². The van der Waals surface area contributed by atoms with Crippen LogP contribution in [0, 0.1) is 0 Å². The van der Waals surface area contributed by atoms with Gasteiger partial charge in [-0.05, 0) is 43.5 Å². The number of ether oxygens (including phenoxy) is 1. The van der Waals surface area contributed by atoms with Crippen LogP contribution in [0.3, 0.4) is 0 Å². The van der Waals surface area contributed by atoms with E-state index in [0.29, 0.717) is 12.2 Å². The Balaban J connectivity index is 1.83. The monoisotopic (exact) mass is 319 g/mol. The number of carbonyl (C=O) groups excluding carboxylic acids is 1. The number of nitrogens with one attached hydrogen (secondary N) is 2. The lowest BCUT2D eigenvalue weighted by Crippen LogP contribution is -3.13. The van der Waals surface area contributed by atoms with Crippen LogP contribution < -0.4 is 15.0 Å². The van der Waals surface area contributed by atoms with E-state index >= 15 is 0 Å². The topological polar surface area (TPSA) is 42.8 Å². The number of rotatable bonds is 5. The summed E-state index contributed by atoms with van der Waals surface area (Å²) in [7, 11) is 0. The van der Waals surface area contributed by atoms with Gasteiger partial charge in [0.05, 0.1) is 13.1 Å². The number of quaternary nitrogens is 1. The molecule has 0 saturated carbocycles. The van der Waals surface area contributed by atoms with Gasteiger partial charge in [-0.3, -0.25) is 4.79 Å². The lowest BCUT2D eigenvalue weighted by atomic mass is 10.1. The second-order valence-corrected chi connectivity index (χ2v) is 5.55. The largest absolute Gasteiger partial charge is 0.487 e. The lowest BCUT2D eigenvalue weighted by molar-refractivity contribution is -0.896. The van der Waals surface area contributed by atoms with Gasteiger partial charge in [-0.25, -0.2) is 0 Å². The van der Waals surface area contributed by atoms with Crippen LogP contribution in [0.4, 0.5) is 14.5 Å². The van der Waals surface area contributed by atoms with Gasteiger partial charge in [0.2, 0.25) is 0 Å². The summed E-state index contributed by atoms with van der Waals surface area (Å²) in [6, 6.07) is 5.67. The smallest absolute Gasteiger partial charge is 0.420 e. The lowest BCUT2D eigenvalue weighted by Gasteiger charge is -2.22. The maximum absolute atomic E-state index is 12.4. The van der Waals surface area contributed by atoms with Crippen LogP contribution in [0.15, 0.2) is 24.3 Å². The van der Waals surface area contributed by atoms with Crippen molar-refractivity contribution in [1.82, 2.24) is 0 Å². The molecule has 1 saturated heterocycles. The zero-order chi connectivity index (χ0) is 15.3. The number of carbonyl (C=O) groups is 1. The normalized spacial score (nSPS) is 16.5. The van der Waals surface area contributed by atoms with Gasteiger partial charge in [-0.1, -0.05) is 0 Å². The van der Waals surface area contributed by atoms with Crippen LogP contribution in [0.1, 0.15) is 19.3 Å². The number of amides is 1. The Morgan fingerprint density at radius 3 is 2.43 bits per heavy atom. The number of hydrogen-bond donors (Lipinski definition) is 2. The quantitative estimate of drug-likeness (QED) is 0.814. The van der Waals surface area contributed by atoms with E-state index in [1.165, 1.54) is 35.6 Å². The van der Waals surface area contributed by atoms with Crippen LogP contribution in [0.2, 0.25) is 0 Å². The van der Waals surface area contributed by atoms with E-state index < -0.39 is 5.57 Å². The van der Waals surface area contributed by atoms with Crippen molar-refractivity contribution >= 4 is 23.2 Å². The van der Waals surface area contributed by atoms with Crippen LogP contribution in [0.25, 0.3) is 0 Å². The second-order valence-electron chi connectivity index (χ2n) is 5.11. The fourth-order valence-corrected chi connectivity index (χ4v) is 2.49. The molecule has 0 bridgehead atoms. The predicted molar refractivity (Wildman–Crippen MR) is 75.9 cm³/mol. The summed E-state index contributed by atoms with van der Waals surface area (Å²) in [6.45, 7) is 2.47. The highest BCUT2D eigenvalue weighted by Gasteiger charge is 2.27. The molecule has 21 heavy (non-hydrogen) atoms. The molecule has 4 nitrogen and oxygen atoms in total. The second kappa shape index (κ2) is 7.04. The SMILES string of the molecule is O=C(C[NH+]1CCCCC1)Nc1ccc(OC(F)(F)Cl)cc1. The van der Waals surface area contributed by atoms with Gasteiger partial charge in [0, 0.05) is 17.3 Å². The summed E-state index contributed by atoms with van der Waals surface area (Å²) in [6.07, 6.45) is 3.54. The van der Waals surface area contributed by atoms with E-state index in [4.69, 9.17) is 0 Å². The van der Waals surface area contributed by atoms with Crippen molar-refractivity contribution in [3.8, 4) is 5.75 Å². The summed E-state index contributed by atoms with van der Waals surface area (Å²) in [5.74, 6) is -0.141. The first kappa shape index (κ1) is 16.0. The van der Waals surface area contributed by atoms with Gasteiger partial charge >= 0.3 is 5.57 Å². The van der Waals surface area contributed by atoms with Crippen LogP contribution in [-0.4, -0.2) is 31.1 Å². The molecule has 0 aliphatic carbocycles. The standard InChI is InChI=1S/C14H17ClF2N2O2/c15-14(16,17)21-12-6-4-11(5-7-12)18-13(20)10-19-8-2-1-3-9-19/h4-7H,1-3,8-10H2,(H,18,20)/p+1. The van der Waals surface area contributed by atoms with Gasteiger partial charge in [-0.15, -0.1) is 8.78 Å². The number of hydrogen-bond acceptors (Lipinski definition) is 2.